The van der Waals surface area contributed by atoms with Crippen LogP contribution in [0.1, 0.15) is 50.0 Å². The smallest absolute Gasteiger partial charge is 0.340 e. The summed E-state index contributed by atoms with van der Waals surface area (Å²) in [5, 5.41) is 30.4. The number of carboxylic acid groups (broad SMARTS) is 1. The van der Waals surface area contributed by atoms with E-state index in [1.807, 2.05) is 14.0 Å². The second-order valence-corrected chi connectivity index (χ2v) is 9.49. The molecule has 0 radical (unpaired) electrons. The Morgan fingerprint density at radius 3 is 2.64 bits per heavy atom. The van der Waals surface area contributed by atoms with Gasteiger partial charge in [0.2, 0.25) is 0 Å². The fourth-order valence-corrected chi connectivity index (χ4v) is 4.10. The molecule has 3 rings (SSSR count). The summed E-state index contributed by atoms with van der Waals surface area (Å²) in [7, 11) is 3.27. The van der Waals surface area contributed by atoms with Crippen LogP contribution in [0.15, 0.2) is 30.6 Å². The van der Waals surface area contributed by atoms with E-state index in [0.29, 0.717) is 23.0 Å². The number of hydrogen-bond acceptors (Lipinski definition) is 8. The zero-order valence-corrected chi connectivity index (χ0v) is 21.5. The Bertz CT molecular complexity index is 1120. The zero-order chi connectivity index (χ0) is 26.6. The van der Waals surface area contributed by atoms with Gasteiger partial charge in [-0.1, -0.05) is 31.2 Å². The number of imidazole rings is 1. The van der Waals surface area contributed by atoms with Gasteiger partial charge in [0.25, 0.3) is 0 Å². The quantitative estimate of drug-likeness (QED) is 0.312. The normalized spacial score (nSPS) is 22.4. The summed E-state index contributed by atoms with van der Waals surface area (Å²) in [5.41, 5.74) is 1.60. The minimum Gasteiger partial charge on any atom is -0.478 e. The van der Waals surface area contributed by atoms with E-state index in [-0.39, 0.29) is 24.0 Å². The molecule has 1 aliphatic rings. The lowest BCUT2D eigenvalue weighted by Gasteiger charge is -2.20. The summed E-state index contributed by atoms with van der Waals surface area (Å²) in [6, 6.07) is 1.63. The molecule has 1 aromatic carbocycles. The highest BCUT2D eigenvalue weighted by molar-refractivity contribution is 6.03. The van der Waals surface area contributed by atoms with Gasteiger partial charge in [-0.2, -0.15) is 0 Å². The molecular weight excluding hydrogens is 468 g/mol. The predicted octanol–water partition coefficient (Wildman–Crippen LogP) is 3.11. The molecule has 5 atom stereocenters. The summed E-state index contributed by atoms with van der Waals surface area (Å²) in [4.78, 5) is 16.6. The number of carboxylic acids is 1. The van der Waals surface area contributed by atoms with Crippen LogP contribution in [0, 0.1) is 5.92 Å². The number of methoxy groups -OCH3 is 1. The van der Waals surface area contributed by atoms with Crippen molar-refractivity contribution in [3.05, 3.63) is 41.7 Å². The number of ether oxygens (including phenoxy) is 4. The van der Waals surface area contributed by atoms with Crippen LogP contribution in [0.3, 0.4) is 0 Å². The highest BCUT2D eigenvalue weighted by Gasteiger charge is 2.43. The second-order valence-electron chi connectivity index (χ2n) is 9.49. The number of hydrogen-bond donors (Lipinski definition) is 3. The summed E-state index contributed by atoms with van der Waals surface area (Å²) >= 11 is 0. The zero-order valence-electron chi connectivity index (χ0n) is 21.5. The lowest BCUT2D eigenvalue weighted by molar-refractivity contribution is -0.152. The van der Waals surface area contributed by atoms with Gasteiger partial charge in [-0.25, -0.2) is 9.78 Å². The third-order valence-corrected chi connectivity index (χ3v) is 6.15. The number of aromatic nitrogens is 2. The van der Waals surface area contributed by atoms with Crippen LogP contribution in [-0.2, 0) is 21.3 Å². The first-order chi connectivity index (χ1) is 16.9. The van der Waals surface area contributed by atoms with Gasteiger partial charge in [-0.05, 0) is 33.1 Å². The van der Waals surface area contributed by atoms with Crippen LogP contribution in [-0.4, -0.2) is 74.9 Å². The minimum absolute atomic E-state index is 0.0231. The summed E-state index contributed by atoms with van der Waals surface area (Å²) in [6.45, 7) is 6.99. The van der Waals surface area contributed by atoms with Crippen molar-refractivity contribution in [3.8, 4) is 5.75 Å². The Morgan fingerprint density at radius 1 is 1.28 bits per heavy atom. The molecule has 1 fully saturated rings. The van der Waals surface area contributed by atoms with Gasteiger partial charge in [0.05, 0.1) is 29.6 Å². The maximum atomic E-state index is 12.2. The van der Waals surface area contributed by atoms with E-state index in [1.54, 1.807) is 62.0 Å². The van der Waals surface area contributed by atoms with Crippen molar-refractivity contribution in [1.29, 1.82) is 0 Å². The number of aromatic carboxylic acids is 1. The van der Waals surface area contributed by atoms with Gasteiger partial charge < -0.3 is 38.8 Å². The van der Waals surface area contributed by atoms with Gasteiger partial charge in [0.15, 0.2) is 12.6 Å². The molecule has 10 heteroatoms. The minimum atomic E-state index is -1.15. The van der Waals surface area contributed by atoms with Crippen LogP contribution in [0.25, 0.3) is 17.1 Å². The molecule has 36 heavy (non-hydrogen) atoms. The van der Waals surface area contributed by atoms with Crippen LogP contribution in [0.4, 0.5) is 0 Å². The Hall–Kier alpha value is -2.76. The van der Waals surface area contributed by atoms with E-state index < -0.39 is 36.2 Å². The van der Waals surface area contributed by atoms with Crippen molar-refractivity contribution in [2.24, 2.45) is 13.0 Å². The first kappa shape index (κ1) is 27.8. The van der Waals surface area contributed by atoms with Crippen molar-refractivity contribution in [3.63, 3.8) is 0 Å². The molecule has 2 heterocycles. The van der Waals surface area contributed by atoms with Gasteiger partial charge in [-0.3, -0.25) is 0 Å². The molecule has 3 N–H and O–H groups in total. The second kappa shape index (κ2) is 11.5. The summed E-state index contributed by atoms with van der Waals surface area (Å²) in [5.74, 6) is -2.01. The maximum absolute atomic E-state index is 12.2. The number of nitrogens with zero attached hydrogens (tertiary/aromatic N) is 2. The van der Waals surface area contributed by atoms with Gasteiger partial charge in [0, 0.05) is 25.8 Å². The lowest BCUT2D eigenvalue weighted by Crippen LogP contribution is -2.34. The van der Waals surface area contributed by atoms with Crippen LogP contribution in [0.2, 0.25) is 0 Å². The lowest BCUT2D eigenvalue weighted by atomic mass is 9.99. The Balaban J connectivity index is 1.90. The number of rotatable bonds is 11. The molecule has 1 unspecified atom stereocenters. The molecule has 1 aliphatic heterocycles. The van der Waals surface area contributed by atoms with E-state index in [9.17, 15) is 20.1 Å². The molecule has 0 spiro atoms. The largest absolute Gasteiger partial charge is 0.478 e. The highest BCUT2D eigenvalue weighted by atomic mass is 16.8. The number of benzene rings is 1. The Morgan fingerprint density at radius 2 is 2.00 bits per heavy atom. The van der Waals surface area contributed by atoms with Gasteiger partial charge >= 0.3 is 5.97 Å². The molecule has 1 aromatic heterocycles. The first-order valence-corrected chi connectivity index (χ1v) is 11.8. The van der Waals surface area contributed by atoms with E-state index in [1.165, 1.54) is 7.11 Å². The van der Waals surface area contributed by atoms with Crippen LogP contribution >= 0.6 is 0 Å². The third-order valence-electron chi connectivity index (χ3n) is 6.15. The van der Waals surface area contributed by atoms with E-state index in [2.05, 4.69) is 4.98 Å². The molecule has 0 saturated carbocycles. The average Bonchev–Trinajstić information content (AvgIpc) is 3.33. The van der Waals surface area contributed by atoms with Crippen LogP contribution < -0.4 is 4.74 Å². The first-order valence-electron chi connectivity index (χ1n) is 11.8. The van der Waals surface area contributed by atoms with Crippen molar-refractivity contribution in [2.45, 2.75) is 64.3 Å². The molecular formula is C26H36N2O8. The van der Waals surface area contributed by atoms with Gasteiger partial charge in [-0.15, -0.1) is 0 Å². The summed E-state index contributed by atoms with van der Waals surface area (Å²) < 4.78 is 24.3. The topological polar surface area (TPSA) is 132 Å². The Kier molecular flexibility index (Phi) is 8.91. The van der Waals surface area contributed by atoms with E-state index in [0.717, 1.165) is 0 Å². The molecule has 1 saturated heterocycles. The number of aliphatic hydroxyl groups is 2. The molecule has 198 valence electrons. The molecule has 10 nitrogen and oxygen atoms in total. The van der Waals surface area contributed by atoms with E-state index >= 15 is 0 Å². The average molecular weight is 505 g/mol. The fourth-order valence-electron chi connectivity index (χ4n) is 4.10. The van der Waals surface area contributed by atoms with Crippen molar-refractivity contribution in [2.75, 3.05) is 13.9 Å². The highest BCUT2D eigenvalue weighted by Crippen LogP contribution is 2.34. The third kappa shape index (κ3) is 6.32. The number of aryl methyl sites for hydroxylation is 1. The standard InChI is InChI=1S/C26H36N2O8/c1-15(16(2)29)10-11-19(30)24-20(35-26(3,4)36-24)9-7-8-17-22(25(31)32)21(34-14-33-6)12-18-23(17)27-13-28(18)5/h7-8,10-13,15-16,19-20,24,29-30H,9,14H2,1-6H3,(H,31,32)/t15-,16+,19?,20+,24-/m1/s1. The number of fused-ring (bicyclic) bond motifs is 1. The molecule has 0 amide bonds. The monoisotopic (exact) mass is 504 g/mol. The summed E-state index contributed by atoms with van der Waals surface area (Å²) in [6.07, 6.45) is 6.16. The molecule has 2 aromatic rings. The molecule has 0 aliphatic carbocycles. The Labute approximate surface area is 210 Å². The predicted molar refractivity (Wildman–Crippen MR) is 134 cm³/mol. The number of carbonyl (C=O) groups is 1. The van der Waals surface area contributed by atoms with Gasteiger partial charge in [0.1, 0.15) is 23.5 Å². The fraction of sp³-hybridized carbons (Fsp3) is 0.538. The molecule has 0 bridgehead atoms. The SMILES string of the molecule is COCOc1cc2c(ncn2C)c(C=CC[C@@H]2OC(C)(C)O[C@@H]2C(O)C=C[C@@H](C)[C@H](C)O)c1C(=O)O. The van der Waals surface area contributed by atoms with Crippen molar-refractivity contribution >= 4 is 23.1 Å². The number of aliphatic hydroxyl groups excluding tert-OH is 2. The van der Waals surface area contributed by atoms with E-state index in [4.69, 9.17) is 18.9 Å². The van der Waals surface area contributed by atoms with Crippen LogP contribution in [0.5, 0.6) is 5.75 Å². The van der Waals surface area contributed by atoms with Crippen molar-refractivity contribution in [1.82, 2.24) is 9.55 Å². The maximum Gasteiger partial charge on any atom is 0.340 e. The van der Waals surface area contributed by atoms with Crippen molar-refractivity contribution < 1.29 is 39.1 Å².